The van der Waals surface area contributed by atoms with Gasteiger partial charge in [0.1, 0.15) is 5.60 Å². The Hall–Kier alpha value is -0.820. The summed E-state index contributed by atoms with van der Waals surface area (Å²) in [5.41, 5.74) is -0.483. The standard InChI is InChI=1S/C12H21NO5S/c1-12(2,3)18-11(14)13-5-8-9(6-13)10(8)7-17-19(4,15)16/h8-10H,5-7H2,1-4H3/t8-,9?,10+/m1/s1. The van der Waals surface area contributed by atoms with E-state index in [0.717, 1.165) is 6.26 Å². The number of fused-ring (bicyclic) bond motifs is 1. The third kappa shape index (κ3) is 3.82. The van der Waals surface area contributed by atoms with Crippen LogP contribution in [0.1, 0.15) is 20.8 Å². The molecule has 6 nitrogen and oxygen atoms in total. The monoisotopic (exact) mass is 291 g/mol. The molecule has 0 aromatic heterocycles. The normalized spacial score (nSPS) is 30.1. The Kier molecular flexibility index (Phi) is 3.55. The van der Waals surface area contributed by atoms with Crippen molar-refractivity contribution in [3.8, 4) is 0 Å². The minimum Gasteiger partial charge on any atom is -0.444 e. The summed E-state index contributed by atoms with van der Waals surface area (Å²) in [6.45, 7) is 7.02. The Bertz CT molecular complexity index is 455. The summed E-state index contributed by atoms with van der Waals surface area (Å²) < 4.78 is 31.9. The van der Waals surface area contributed by atoms with Gasteiger partial charge in [-0.3, -0.25) is 4.18 Å². The van der Waals surface area contributed by atoms with Crippen molar-refractivity contribution in [1.29, 1.82) is 0 Å². The van der Waals surface area contributed by atoms with E-state index in [9.17, 15) is 13.2 Å². The highest BCUT2D eigenvalue weighted by molar-refractivity contribution is 7.85. The summed E-state index contributed by atoms with van der Waals surface area (Å²) in [6, 6.07) is 0. The highest BCUT2D eigenvalue weighted by atomic mass is 32.2. The Morgan fingerprint density at radius 1 is 1.26 bits per heavy atom. The van der Waals surface area contributed by atoms with Crippen LogP contribution in [0.25, 0.3) is 0 Å². The summed E-state index contributed by atoms with van der Waals surface area (Å²) in [4.78, 5) is 13.5. The molecule has 0 spiro atoms. The van der Waals surface area contributed by atoms with Gasteiger partial charge in [-0.25, -0.2) is 4.79 Å². The van der Waals surface area contributed by atoms with Crippen LogP contribution < -0.4 is 0 Å². The molecule has 1 aliphatic carbocycles. The van der Waals surface area contributed by atoms with Crippen molar-refractivity contribution < 1.29 is 22.1 Å². The summed E-state index contributed by atoms with van der Waals surface area (Å²) >= 11 is 0. The maximum Gasteiger partial charge on any atom is 0.410 e. The molecule has 110 valence electrons. The van der Waals surface area contributed by atoms with Crippen LogP contribution in [0.15, 0.2) is 0 Å². The number of nitrogens with zero attached hydrogens (tertiary/aromatic N) is 1. The minimum atomic E-state index is -3.37. The number of likely N-dealkylation sites (tertiary alicyclic amines) is 1. The first-order chi connectivity index (χ1) is 8.57. The molecule has 2 rings (SSSR count). The number of rotatable bonds is 3. The fourth-order valence-electron chi connectivity index (χ4n) is 2.57. The molecule has 1 saturated carbocycles. The van der Waals surface area contributed by atoms with Crippen molar-refractivity contribution in [3.63, 3.8) is 0 Å². The molecule has 3 atom stereocenters. The average Bonchev–Trinajstić information content (AvgIpc) is 2.65. The van der Waals surface area contributed by atoms with Crippen LogP contribution in [0.4, 0.5) is 4.79 Å². The van der Waals surface area contributed by atoms with Gasteiger partial charge in [-0.1, -0.05) is 0 Å². The molecule has 2 aliphatic rings. The summed E-state index contributed by atoms with van der Waals surface area (Å²) in [6.07, 6.45) is 0.764. The number of ether oxygens (including phenoxy) is 1. The molecule has 1 heterocycles. The van der Waals surface area contributed by atoms with Gasteiger partial charge in [0.05, 0.1) is 12.9 Å². The lowest BCUT2D eigenvalue weighted by molar-refractivity contribution is 0.0261. The van der Waals surface area contributed by atoms with Crippen LogP contribution in [-0.2, 0) is 19.0 Å². The SMILES string of the molecule is CC(C)(C)OC(=O)N1CC2[C@@H](COS(C)(=O)=O)[C@@H]2C1. The van der Waals surface area contributed by atoms with Gasteiger partial charge in [-0.2, -0.15) is 8.42 Å². The van der Waals surface area contributed by atoms with E-state index in [2.05, 4.69) is 0 Å². The highest BCUT2D eigenvalue weighted by Gasteiger charge is 2.57. The molecule has 7 heteroatoms. The zero-order chi connectivity index (χ0) is 14.4. The second kappa shape index (κ2) is 4.63. The van der Waals surface area contributed by atoms with Gasteiger partial charge in [-0.15, -0.1) is 0 Å². The first-order valence-corrected chi connectivity index (χ1v) is 8.21. The van der Waals surface area contributed by atoms with E-state index in [0.29, 0.717) is 24.9 Å². The van der Waals surface area contributed by atoms with Crippen molar-refractivity contribution in [2.24, 2.45) is 17.8 Å². The lowest BCUT2D eigenvalue weighted by atomic mass is 10.2. The maximum atomic E-state index is 11.8. The third-order valence-corrected chi connectivity index (χ3v) is 4.06. The van der Waals surface area contributed by atoms with E-state index >= 15 is 0 Å². The van der Waals surface area contributed by atoms with Gasteiger partial charge < -0.3 is 9.64 Å². The van der Waals surface area contributed by atoms with Gasteiger partial charge in [-0.05, 0) is 38.5 Å². The fraction of sp³-hybridized carbons (Fsp3) is 0.917. The molecule has 1 aliphatic heterocycles. The quantitative estimate of drug-likeness (QED) is 0.727. The lowest BCUT2D eigenvalue weighted by Gasteiger charge is -2.25. The highest BCUT2D eigenvalue weighted by Crippen LogP contribution is 2.52. The molecule has 19 heavy (non-hydrogen) atoms. The molecule has 0 aromatic rings. The first-order valence-electron chi connectivity index (χ1n) is 6.39. The van der Waals surface area contributed by atoms with Crippen LogP contribution in [0, 0.1) is 17.8 Å². The van der Waals surface area contributed by atoms with Crippen LogP contribution >= 0.6 is 0 Å². The van der Waals surface area contributed by atoms with Crippen LogP contribution in [0.3, 0.4) is 0 Å². The summed E-state index contributed by atoms with van der Waals surface area (Å²) in [7, 11) is -3.37. The van der Waals surface area contributed by atoms with Crippen molar-refractivity contribution >= 4 is 16.2 Å². The second-order valence-corrected chi connectivity index (χ2v) is 8.01. The Morgan fingerprint density at radius 2 is 1.79 bits per heavy atom. The second-order valence-electron chi connectivity index (χ2n) is 6.37. The molecule has 0 bridgehead atoms. The molecular formula is C12H21NO5S. The van der Waals surface area contributed by atoms with Gasteiger partial charge in [0, 0.05) is 13.1 Å². The molecule has 0 radical (unpaired) electrons. The van der Waals surface area contributed by atoms with Crippen LogP contribution in [0.5, 0.6) is 0 Å². The lowest BCUT2D eigenvalue weighted by Crippen LogP contribution is -2.37. The van der Waals surface area contributed by atoms with E-state index in [1.165, 1.54) is 0 Å². The molecule has 0 aromatic carbocycles. The largest absolute Gasteiger partial charge is 0.444 e. The predicted octanol–water partition coefficient (Wildman–Crippen LogP) is 1.08. The van der Waals surface area contributed by atoms with Crippen molar-refractivity contribution in [2.75, 3.05) is 26.0 Å². The number of amides is 1. The molecule has 1 saturated heterocycles. The maximum absolute atomic E-state index is 11.8. The summed E-state index contributed by atoms with van der Waals surface area (Å²) in [5, 5.41) is 0. The average molecular weight is 291 g/mol. The number of carbonyl (C=O) groups excluding carboxylic acids is 1. The van der Waals surface area contributed by atoms with Gasteiger partial charge in [0.2, 0.25) is 0 Å². The topological polar surface area (TPSA) is 72.9 Å². The Labute approximate surface area is 114 Å². The van der Waals surface area contributed by atoms with E-state index in [4.69, 9.17) is 8.92 Å². The van der Waals surface area contributed by atoms with E-state index in [1.807, 2.05) is 20.8 Å². The molecule has 1 unspecified atom stereocenters. The Balaban J connectivity index is 1.76. The van der Waals surface area contributed by atoms with Crippen molar-refractivity contribution in [3.05, 3.63) is 0 Å². The number of hydrogen-bond acceptors (Lipinski definition) is 5. The first kappa shape index (κ1) is 14.6. The summed E-state index contributed by atoms with van der Waals surface area (Å²) in [5.74, 6) is 0.969. The van der Waals surface area contributed by atoms with Gasteiger partial charge >= 0.3 is 6.09 Å². The number of hydrogen-bond donors (Lipinski definition) is 0. The number of piperidine rings is 1. The molecule has 2 fully saturated rings. The van der Waals surface area contributed by atoms with E-state index in [1.54, 1.807) is 4.90 Å². The van der Waals surface area contributed by atoms with Gasteiger partial charge in [0.25, 0.3) is 10.1 Å². The zero-order valence-corrected chi connectivity index (χ0v) is 12.6. The van der Waals surface area contributed by atoms with Crippen LogP contribution in [-0.4, -0.2) is 51.0 Å². The van der Waals surface area contributed by atoms with E-state index in [-0.39, 0.29) is 18.6 Å². The molecule has 0 N–H and O–H groups in total. The smallest absolute Gasteiger partial charge is 0.410 e. The fourth-order valence-corrected chi connectivity index (χ4v) is 2.98. The minimum absolute atomic E-state index is 0.232. The van der Waals surface area contributed by atoms with Crippen LogP contribution in [0.2, 0.25) is 0 Å². The zero-order valence-electron chi connectivity index (χ0n) is 11.8. The Morgan fingerprint density at radius 3 is 2.21 bits per heavy atom. The third-order valence-electron chi connectivity index (χ3n) is 3.50. The van der Waals surface area contributed by atoms with Crippen molar-refractivity contribution in [1.82, 2.24) is 4.90 Å². The predicted molar refractivity (Wildman–Crippen MR) is 69.1 cm³/mol. The van der Waals surface area contributed by atoms with E-state index < -0.39 is 15.7 Å². The van der Waals surface area contributed by atoms with Gasteiger partial charge in [0.15, 0.2) is 0 Å². The molecular weight excluding hydrogens is 270 g/mol. The van der Waals surface area contributed by atoms with Crippen molar-refractivity contribution in [2.45, 2.75) is 26.4 Å². The number of carbonyl (C=O) groups is 1. The molecule has 1 amide bonds.